The Kier molecular flexibility index (Phi) is 5.04. The molecule has 2 fully saturated rings. The van der Waals surface area contributed by atoms with E-state index in [0.717, 1.165) is 18.8 Å². The molecule has 100 valence electrons. The molecule has 0 radical (unpaired) electrons. The topological polar surface area (TPSA) is 43.1 Å². The van der Waals surface area contributed by atoms with Gasteiger partial charge in [0.1, 0.15) is 0 Å². The van der Waals surface area contributed by atoms with Crippen molar-refractivity contribution in [2.75, 3.05) is 0 Å². The Bertz CT molecular complexity index is 263. The van der Waals surface area contributed by atoms with E-state index in [-0.39, 0.29) is 6.04 Å². The summed E-state index contributed by atoms with van der Waals surface area (Å²) < 4.78 is 12.6. The summed E-state index contributed by atoms with van der Waals surface area (Å²) in [4.78, 5) is 0. The van der Waals surface area contributed by atoms with Crippen LogP contribution in [0.5, 0.6) is 0 Å². The van der Waals surface area contributed by atoms with Gasteiger partial charge >= 0.3 is 0 Å². The van der Waals surface area contributed by atoms with Gasteiger partial charge in [0.2, 0.25) is 0 Å². The van der Waals surface area contributed by atoms with Crippen molar-refractivity contribution in [2.24, 2.45) is 11.7 Å². The molecule has 0 bridgehead atoms. The molecule has 0 aromatic carbocycles. The highest BCUT2D eigenvalue weighted by Gasteiger charge is 2.35. The summed E-state index contributed by atoms with van der Waals surface area (Å²) in [6, 6.07) is 0.199. The van der Waals surface area contributed by atoms with Gasteiger partial charge in [-0.25, -0.2) is 0 Å². The number of hydrogen-bond donors (Lipinski definition) is 1. The molecule has 3 heteroatoms. The van der Waals surface area contributed by atoms with E-state index in [1.807, 2.05) is 0 Å². The van der Waals surface area contributed by atoms with E-state index >= 15 is 0 Å². The first-order valence-electron chi connectivity index (χ1n) is 7.37. The Morgan fingerprint density at radius 1 is 1.18 bits per heavy atom. The quantitative estimate of drug-likeness (QED) is 0.841. The van der Waals surface area contributed by atoms with Gasteiger partial charge in [-0.15, -0.1) is 0 Å². The van der Waals surface area contributed by atoms with Gasteiger partial charge < -0.3 is 5.73 Å². The van der Waals surface area contributed by atoms with Crippen LogP contribution in [0.15, 0.2) is 0 Å². The monoisotopic (exact) mass is 257 g/mol. The Morgan fingerprint density at radius 2 is 1.88 bits per heavy atom. The summed E-state index contributed by atoms with van der Waals surface area (Å²) in [6.45, 7) is 2.25. The molecule has 2 saturated carbocycles. The summed E-state index contributed by atoms with van der Waals surface area (Å²) in [7, 11) is -0.661. The molecule has 2 nitrogen and oxygen atoms in total. The minimum Gasteiger partial charge on any atom is -0.327 e. The van der Waals surface area contributed by atoms with Crippen LogP contribution in [0, 0.1) is 5.92 Å². The third kappa shape index (κ3) is 3.31. The minimum absolute atomic E-state index is 0.199. The molecule has 2 aliphatic rings. The molecule has 0 aliphatic heterocycles. The average Bonchev–Trinajstić information content (AvgIpc) is 2.85. The van der Waals surface area contributed by atoms with Crippen molar-refractivity contribution in [3.63, 3.8) is 0 Å². The largest absolute Gasteiger partial charge is 0.327 e. The maximum Gasteiger partial charge on any atom is 0.0504 e. The zero-order chi connectivity index (χ0) is 12.3. The Balaban J connectivity index is 1.94. The minimum atomic E-state index is -0.661. The van der Waals surface area contributed by atoms with E-state index in [9.17, 15) is 4.21 Å². The molecule has 0 heterocycles. The van der Waals surface area contributed by atoms with Gasteiger partial charge in [-0.2, -0.15) is 0 Å². The fourth-order valence-electron chi connectivity index (χ4n) is 3.54. The molecular formula is C14H27NOS. The van der Waals surface area contributed by atoms with Crippen molar-refractivity contribution in [1.82, 2.24) is 0 Å². The lowest BCUT2D eigenvalue weighted by atomic mass is 9.83. The van der Waals surface area contributed by atoms with Crippen LogP contribution < -0.4 is 5.73 Å². The van der Waals surface area contributed by atoms with Crippen molar-refractivity contribution in [3.05, 3.63) is 0 Å². The lowest BCUT2D eigenvalue weighted by Gasteiger charge is -2.34. The number of nitrogens with two attached hydrogens (primary N) is 1. The standard InChI is InChI=1S/C14H27NOS/c1-2-5-11-8-9-13(15)14(10-11)17(16)12-6-3-4-7-12/h11-14H,2-10,15H2,1H3. The Hall–Kier alpha value is 0.110. The molecule has 4 unspecified atom stereocenters. The molecule has 2 rings (SSSR count). The summed E-state index contributed by atoms with van der Waals surface area (Å²) in [5.41, 5.74) is 6.21. The van der Waals surface area contributed by atoms with E-state index in [1.54, 1.807) is 0 Å². The first kappa shape index (κ1) is 13.5. The van der Waals surface area contributed by atoms with Crippen LogP contribution in [0.25, 0.3) is 0 Å². The van der Waals surface area contributed by atoms with Crippen LogP contribution in [0.3, 0.4) is 0 Å². The van der Waals surface area contributed by atoms with Crippen molar-refractivity contribution in [2.45, 2.75) is 81.3 Å². The second-order valence-electron chi connectivity index (χ2n) is 5.91. The Labute approximate surface area is 108 Å². The molecule has 0 spiro atoms. The van der Waals surface area contributed by atoms with Crippen molar-refractivity contribution >= 4 is 10.8 Å². The van der Waals surface area contributed by atoms with Crippen LogP contribution in [0.1, 0.15) is 64.7 Å². The van der Waals surface area contributed by atoms with E-state index in [0.29, 0.717) is 10.5 Å². The predicted octanol–water partition coefficient (Wildman–Crippen LogP) is 2.97. The van der Waals surface area contributed by atoms with Crippen LogP contribution in [-0.2, 0) is 10.8 Å². The lowest BCUT2D eigenvalue weighted by Crippen LogP contribution is -2.45. The SMILES string of the molecule is CCCC1CCC(N)C(S(=O)C2CCCC2)C1. The van der Waals surface area contributed by atoms with E-state index in [2.05, 4.69) is 6.92 Å². The van der Waals surface area contributed by atoms with Gasteiger partial charge in [-0.1, -0.05) is 32.6 Å². The Morgan fingerprint density at radius 3 is 2.53 bits per heavy atom. The van der Waals surface area contributed by atoms with Crippen LogP contribution in [0.2, 0.25) is 0 Å². The molecule has 0 aromatic heterocycles. The molecular weight excluding hydrogens is 230 g/mol. The van der Waals surface area contributed by atoms with E-state index < -0.39 is 10.8 Å². The molecule has 0 amide bonds. The fourth-order valence-corrected chi connectivity index (χ4v) is 5.78. The summed E-state index contributed by atoms with van der Waals surface area (Å²) in [6.07, 6.45) is 10.9. The van der Waals surface area contributed by atoms with Crippen LogP contribution >= 0.6 is 0 Å². The highest BCUT2D eigenvalue weighted by atomic mass is 32.2. The van der Waals surface area contributed by atoms with E-state index in [1.165, 1.54) is 44.9 Å². The molecule has 2 aliphatic carbocycles. The molecule has 0 aromatic rings. The number of rotatable bonds is 4. The van der Waals surface area contributed by atoms with E-state index in [4.69, 9.17) is 5.73 Å². The van der Waals surface area contributed by atoms with Crippen molar-refractivity contribution in [1.29, 1.82) is 0 Å². The second-order valence-corrected chi connectivity index (χ2v) is 7.83. The zero-order valence-electron chi connectivity index (χ0n) is 11.1. The third-order valence-electron chi connectivity index (χ3n) is 4.58. The fraction of sp³-hybridized carbons (Fsp3) is 1.00. The number of hydrogen-bond acceptors (Lipinski definition) is 2. The highest BCUT2D eigenvalue weighted by molar-refractivity contribution is 7.86. The predicted molar refractivity (Wildman–Crippen MR) is 74.4 cm³/mol. The van der Waals surface area contributed by atoms with Gasteiger partial charge in [-0.3, -0.25) is 4.21 Å². The average molecular weight is 257 g/mol. The van der Waals surface area contributed by atoms with Gasteiger partial charge in [0, 0.05) is 22.1 Å². The lowest BCUT2D eigenvalue weighted by molar-refractivity contribution is 0.312. The van der Waals surface area contributed by atoms with Gasteiger partial charge in [0.15, 0.2) is 0 Å². The van der Waals surface area contributed by atoms with Gasteiger partial charge in [0.25, 0.3) is 0 Å². The van der Waals surface area contributed by atoms with Crippen molar-refractivity contribution < 1.29 is 4.21 Å². The molecule has 0 saturated heterocycles. The summed E-state index contributed by atoms with van der Waals surface area (Å²) >= 11 is 0. The smallest absolute Gasteiger partial charge is 0.0504 e. The second kappa shape index (κ2) is 6.33. The third-order valence-corrected chi connectivity index (χ3v) is 6.84. The zero-order valence-corrected chi connectivity index (χ0v) is 11.9. The summed E-state index contributed by atoms with van der Waals surface area (Å²) in [5, 5.41) is 0.759. The maximum absolute atomic E-state index is 12.6. The van der Waals surface area contributed by atoms with Gasteiger partial charge in [0.05, 0.1) is 5.25 Å². The normalized spacial score (nSPS) is 37.2. The van der Waals surface area contributed by atoms with Gasteiger partial charge in [-0.05, 0) is 38.0 Å². The molecule has 2 N–H and O–H groups in total. The molecule has 4 atom stereocenters. The summed E-state index contributed by atoms with van der Waals surface area (Å²) in [5.74, 6) is 0.787. The van der Waals surface area contributed by atoms with Crippen LogP contribution in [-0.4, -0.2) is 20.8 Å². The first-order chi connectivity index (χ1) is 8.22. The molecule has 17 heavy (non-hydrogen) atoms. The first-order valence-corrected chi connectivity index (χ1v) is 8.65. The maximum atomic E-state index is 12.6. The van der Waals surface area contributed by atoms with Crippen molar-refractivity contribution in [3.8, 4) is 0 Å². The van der Waals surface area contributed by atoms with Crippen LogP contribution in [0.4, 0.5) is 0 Å². The highest BCUT2D eigenvalue weighted by Crippen LogP contribution is 2.34.